The highest BCUT2D eigenvalue weighted by atomic mass is 16.5. The van der Waals surface area contributed by atoms with Crippen molar-refractivity contribution in [3.63, 3.8) is 0 Å². The van der Waals surface area contributed by atoms with Crippen LogP contribution in [0.25, 0.3) is 11.1 Å². The van der Waals surface area contributed by atoms with Crippen LogP contribution in [0.3, 0.4) is 0 Å². The molecule has 0 atom stereocenters. The number of hydrogen-bond acceptors (Lipinski definition) is 4. The summed E-state index contributed by atoms with van der Waals surface area (Å²) >= 11 is 0. The van der Waals surface area contributed by atoms with Crippen molar-refractivity contribution in [1.29, 1.82) is 0 Å². The third-order valence-corrected chi connectivity index (χ3v) is 4.82. The van der Waals surface area contributed by atoms with Crippen LogP contribution < -0.4 is 10.1 Å². The van der Waals surface area contributed by atoms with E-state index in [1.165, 1.54) is 0 Å². The summed E-state index contributed by atoms with van der Waals surface area (Å²) in [5.41, 5.74) is 4.49. The van der Waals surface area contributed by atoms with Crippen LogP contribution in [0.2, 0.25) is 0 Å². The van der Waals surface area contributed by atoms with Crippen molar-refractivity contribution in [2.75, 3.05) is 11.9 Å². The van der Waals surface area contributed by atoms with Crippen LogP contribution in [0.1, 0.15) is 41.6 Å². The first kappa shape index (κ1) is 18.0. The number of rotatable bonds is 7. The number of nitrogens with zero attached hydrogens (tertiary/aromatic N) is 1. The van der Waals surface area contributed by atoms with E-state index >= 15 is 0 Å². The Morgan fingerprint density at radius 3 is 2.64 bits per heavy atom. The first-order chi connectivity index (χ1) is 13.7. The lowest BCUT2D eigenvalue weighted by Gasteiger charge is -2.14. The number of anilines is 2. The van der Waals surface area contributed by atoms with Gasteiger partial charge in [0.2, 0.25) is 5.88 Å². The number of hydrogen-bond donors (Lipinski definition) is 2. The van der Waals surface area contributed by atoms with Crippen molar-refractivity contribution >= 4 is 17.3 Å². The molecule has 0 unspecified atom stereocenters. The van der Waals surface area contributed by atoms with E-state index in [4.69, 9.17) is 4.74 Å². The number of aromatic carboxylic acids is 1. The zero-order valence-electron chi connectivity index (χ0n) is 15.7. The number of nitrogens with one attached hydrogen (secondary N) is 1. The molecule has 142 valence electrons. The van der Waals surface area contributed by atoms with Crippen LogP contribution in [-0.2, 0) is 0 Å². The molecule has 0 bridgehead atoms. The van der Waals surface area contributed by atoms with Crippen LogP contribution in [-0.4, -0.2) is 22.7 Å². The third-order valence-electron chi connectivity index (χ3n) is 4.82. The van der Waals surface area contributed by atoms with E-state index in [0.29, 0.717) is 29.8 Å². The molecule has 1 heterocycles. The van der Waals surface area contributed by atoms with Crippen LogP contribution in [0.15, 0.2) is 60.8 Å². The molecule has 1 aromatic heterocycles. The van der Waals surface area contributed by atoms with Gasteiger partial charge in [0.1, 0.15) is 0 Å². The molecule has 2 aromatic carbocycles. The summed E-state index contributed by atoms with van der Waals surface area (Å²) in [7, 11) is 0. The second-order valence-electron chi connectivity index (χ2n) is 6.89. The van der Waals surface area contributed by atoms with Crippen molar-refractivity contribution in [2.24, 2.45) is 0 Å². The van der Waals surface area contributed by atoms with Gasteiger partial charge in [0.25, 0.3) is 0 Å². The normalized spacial score (nSPS) is 13.2. The molecule has 2 N–H and O–H groups in total. The summed E-state index contributed by atoms with van der Waals surface area (Å²) in [6.07, 6.45) is 3.93. The van der Waals surface area contributed by atoms with E-state index in [0.717, 1.165) is 29.5 Å². The second kappa shape index (κ2) is 7.72. The molecule has 1 fully saturated rings. The summed E-state index contributed by atoms with van der Waals surface area (Å²) in [5, 5.41) is 12.9. The molecule has 1 aliphatic carbocycles. The number of benzene rings is 2. The highest BCUT2D eigenvalue weighted by molar-refractivity contribution is 5.95. The molecule has 3 aromatic rings. The summed E-state index contributed by atoms with van der Waals surface area (Å²) < 4.78 is 5.67. The van der Waals surface area contributed by atoms with E-state index in [9.17, 15) is 9.90 Å². The Labute approximate surface area is 164 Å². The van der Waals surface area contributed by atoms with Gasteiger partial charge < -0.3 is 15.2 Å². The molecule has 4 rings (SSSR count). The average molecular weight is 374 g/mol. The minimum Gasteiger partial charge on any atom is -0.478 e. The largest absolute Gasteiger partial charge is 0.478 e. The minimum absolute atomic E-state index is 0.277. The molecule has 5 heteroatoms. The Kier molecular flexibility index (Phi) is 4.98. The molecule has 0 radical (unpaired) electrons. The standard InChI is InChI=1S/C23H22N2O3/c1-2-28-22-19(16-6-4-3-5-7-16)13-18(14-24-22)25-21-11-10-17(15-8-9-15)12-20(21)23(26)27/h3-7,10-15,25H,2,8-9H2,1H3,(H,26,27). The van der Waals surface area contributed by atoms with Gasteiger partial charge in [-0.2, -0.15) is 0 Å². The second-order valence-corrected chi connectivity index (χ2v) is 6.89. The van der Waals surface area contributed by atoms with Crippen molar-refractivity contribution < 1.29 is 14.6 Å². The Hall–Kier alpha value is -3.34. The Balaban J connectivity index is 1.69. The number of carboxylic acid groups (broad SMARTS) is 1. The van der Waals surface area contributed by atoms with Crippen LogP contribution in [0.5, 0.6) is 5.88 Å². The maximum atomic E-state index is 11.8. The lowest BCUT2D eigenvalue weighted by Crippen LogP contribution is -2.05. The summed E-state index contributed by atoms with van der Waals surface area (Å²) in [4.78, 5) is 16.2. The van der Waals surface area contributed by atoms with E-state index in [1.54, 1.807) is 12.3 Å². The maximum Gasteiger partial charge on any atom is 0.337 e. The van der Waals surface area contributed by atoms with E-state index in [-0.39, 0.29) is 5.56 Å². The predicted octanol–water partition coefficient (Wildman–Crippen LogP) is 5.47. The fourth-order valence-corrected chi connectivity index (χ4v) is 3.27. The smallest absolute Gasteiger partial charge is 0.337 e. The molecule has 0 aliphatic heterocycles. The summed E-state index contributed by atoms with van der Waals surface area (Å²) in [6.45, 7) is 2.44. The Morgan fingerprint density at radius 1 is 1.18 bits per heavy atom. The zero-order chi connectivity index (χ0) is 19.5. The van der Waals surface area contributed by atoms with Gasteiger partial charge in [-0.15, -0.1) is 0 Å². The fourth-order valence-electron chi connectivity index (χ4n) is 3.27. The SMILES string of the molecule is CCOc1ncc(Nc2ccc(C3CC3)cc2C(=O)O)cc1-c1ccccc1. The molecule has 0 amide bonds. The predicted molar refractivity (Wildman–Crippen MR) is 110 cm³/mol. The number of pyridine rings is 1. The highest BCUT2D eigenvalue weighted by Gasteiger charge is 2.25. The van der Waals surface area contributed by atoms with Gasteiger partial charge >= 0.3 is 5.97 Å². The molecule has 1 saturated carbocycles. The lowest BCUT2D eigenvalue weighted by molar-refractivity contribution is 0.0698. The molecular formula is C23H22N2O3. The van der Waals surface area contributed by atoms with Crippen LogP contribution in [0, 0.1) is 0 Å². The van der Waals surface area contributed by atoms with E-state index in [1.807, 2.05) is 55.5 Å². The summed E-state index contributed by atoms with van der Waals surface area (Å²) in [5.74, 6) is 0.123. The summed E-state index contributed by atoms with van der Waals surface area (Å²) in [6, 6.07) is 17.4. The topological polar surface area (TPSA) is 71.5 Å². The Morgan fingerprint density at radius 2 is 1.96 bits per heavy atom. The molecule has 5 nitrogen and oxygen atoms in total. The average Bonchev–Trinajstić information content (AvgIpc) is 3.55. The third kappa shape index (κ3) is 3.83. The van der Waals surface area contributed by atoms with Crippen molar-refractivity contribution in [3.8, 4) is 17.0 Å². The van der Waals surface area contributed by atoms with Gasteiger partial charge in [-0.05, 0) is 55.0 Å². The van der Waals surface area contributed by atoms with Gasteiger partial charge in [0.15, 0.2) is 0 Å². The van der Waals surface area contributed by atoms with Gasteiger partial charge in [-0.1, -0.05) is 36.4 Å². The van der Waals surface area contributed by atoms with E-state index in [2.05, 4.69) is 10.3 Å². The van der Waals surface area contributed by atoms with E-state index < -0.39 is 5.97 Å². The van der Waals surface area contributed by atoms with Crippen LogP contribution in [0.4, 0.5) is 11.4 Å². The van der Waals surface area contributed by atoms with Crippen LogP contribution >= 0.6 is 0 Å². The minimum atomic E-state index is -0.938. The molecular weight excluding hydrogens is 352 g/mol. The van der Waals surface area contributed by atoms with Crippen molar-refractivity contribution in [1.82, 2.24) is 4.98 Å². The zero-order valence-corrected chi connectivity index (χ0v) is 15.7. The van der Waals surface area contributed by atoms with Gasteiger partial charge in [-0.25, -0.2) is 9.78 Å². The Bertz CT molecular complexity index is 998. The molecule has 0 spiro atoms. The van der Waals surface area contributed by atoms with Gasteiger partial charge in [0.05, 0.1) is 29.7 Å². The van der Waals surface area contributed by atoms with Gasteiger partial charge in [-0.3, -0.25) is 0 Å². The number of aromatic nitrogens is 1. The first-order valence-corrected chi connectivity index (χ1v) is 9.48. The number of ether oxygens (including phenoxy) is 1. The highest BCUT2D eigenvalue weighted by Crippen LogP contribution is 2.41. The van der Waals surface area contributed by atoms with Crippen molar-refractivity contribution in [3.05, 3.63) is 71.9 Å². The first-order valence-electron chi connectivity index (χ1n) is 9.48. The molecule has 0 saturated heterocycles. The molecule has 1 aliphatic rings. The molecule has 28 heavy (non-hydrogen) atoms. The fraction of sp³-hybridized carbons (Fsp3) is 0.217. The quantitative estimate of drug-likeness (QED) is 0.574. The van der Waals surface area contributed by atoms with Crippen molar-refractivity contribution in [2.45, 2.75) is 25.7 Å². The monoisotopic (exact) mass is 374 g/mol. The lowest BCUT2D eigenvalue weighted by atomic mass is 10.0. The van der Waals surface area contributed by atoms with Gasteiger partial charge in [0, 0.05) is 5.56 Å². The number of carboxylic acids is 1. The number of carbonyl (C=O) groups is 1. The maximum absolute atomic E-state index is 11.8.